The largest absolute Gasteiger partial charge is 0.348 e. The molecule has 8 heteroatoms. The highest BCUT2D eigenvalue weighted by molar-refractivity contribution is 5.73. The Morgan fingerprint density at radius 2 is 1.00 bits per heavy atom. The van der Waals surface area contributed by atoms with Crippen molar-refractivity contribution in [2.24, 2.45) is 0 Å². The van der Waals surface area contributed by atoms with E-state index in [0.29, 0.717) is 11.1 Å². The summed E-state index contributed by atoms with van der Waals surface area (Å²) in [4.78, 5) is 5.40. The van der Waals surface area contributed by atoms with Gasteiger partial charge in [-0.15, -0.1) is 0 Å². The van der Waals surface area contributed by atoms with Gasteiger partial charge in [-0.3, -0.25) is 5.10 Å². The van der Waals surface area contributed by atoms with Crippen LogP contribution < -0.4 is 0 Å². The maximum Gasteiger partial charge on any atom is 0.186 e. The molecule has 2 aromatic carbocycles. The third-order valence-electron chi connectivity index (χ3n) is 4.99. The maximum absolute atomic E-state index is 14.6. The molecule has 0 radical (unpaired) electrons. The molecule has 3 aromatic heterocycles. The molecule has 5 aromatic rings. The summed E-state index contributed by atoms with van der Waals surface area (Å²) in [5, 5.41) is 6.50. The maximum atomic E-state index is 14.6. The first-order valence-electron chi connectivity index (χ1n) is 9.35. The SMILES string of the molecule is Fc1c(-c2ccccc2)[nH]c(-c2cc(-c3[nH]c(-c4ccccc4)c(F)c3F)[nH]n2)c1F. The van der Waals surface area contributed by atoms with Crippen LogP contribution in [-0.2, 0) is 0 Å². The summed E-state index contributed by atoms with van der Waals surface area (Å²) in [6.07, 6.45) is 0. The van der Waals surface area contributed by atoms with Crippen molar-refractivity contribution in [1.29, 1.82) is 0 Å². The van der Waals surface area contributed by atoms with Crippen LogP contribution in [0.5, 0.6) is 0 Å². The minimum Gasteiger partial charge on any atom is -0.348 e. The number of hydrogen-bond acceptors (Lipinski definition) is 1. The standard InChI is InChI=1S/C23H14F4N4/c24-16-18(26)22(28-20(16)12-7-3-1-4-8-12)14-11-15(31-30-14)23-19(27)17(25)21(29-23)13-9-5-2-6-10-13/h1-11,28-29H,(H,30,31). The van der Waals surface area contributed by atoms with Crippen molar-refractivity contribution in [3.05, 3.63) is 90.0 Å². The number of aromatic amines is 3. The van der Waals surface area contributed by atoms with Crippen LogP contribution in [0.25, 0.3) is 45.3 Å². The molecule has 0 unspecified atom stereocenters. The molecule has 0 atom stereocenters. The molecule has 0 aliphatic heterocycles. The van der Waals surface area contributed by atoms with Crippen LogP contribution in [0.1, 0.15) is 0 Å². The number of hydrogen-bond donors (Lipinski definition) is 3. The Labute approximate surface area is 173 Å². The van der Waals surface area contributed by atoms with Crippen LogP contribution >= 0.6 is 0 Å². The molecule has 0 aliphatic carbocycles. The van der Waals surface area contributed by atoms with Gasteiger partial charge in [0.2, 0.25) is 0 Å². The Bertz CT molecular complexity index is 1260. The van der Waals surface area contributed by atoms with Crippen molar-refractivity contribution < 1.29 is 17.6 Å². The van der Waals surface area contributed by atoms with Crippen LogP contribution in [0.15, 0.2) is 66.7 Å². The summed E-state index contributed by atoms with van der Waals surface area (Å²) >= 11 is 0. The number of nitrogens with zero attached hydrogens (tertiary/aromatic N) is 1. The van der Waals surface area contributed by atoms with Crippen LogP contribution in [0.4, 0.5) is 17.6 Å². The topological polar surface area (TPSA) is 60.3 Å². The van der Waals surface area contributed by atoms with E-state index in [4.69, 9.17) is 0 Å². The number of H-pyrrole nitrogens is 3. The monoisotopic (exact) mass is 422 g/mol. The highest BCUT2D eigenvalue weighted by Crippen LogP contribution is 2.34. The number of benzene rings is 2. The van der Waals surface area contributed by atoms with Crippen molar-refractivity contribution in [3.8, 4) is 45.3 Å². The zero-order valence-corrected chi connectivity index (χ0v) is 15.8. The van der Waals surface area contributed by atoms with Gasteiger partial charge >= 0.3 is 0 Å². The zero-order valence-electron chi connectivity index (χ0n) is 15.8. The normalized spacial score (nSPS) is 11.2. The predicted molar refractivity (Wildman–Crippen MR) is 109 cm³/mol. The molecule has 4 nitrogen and oxygen atoms in total. The lowest BCUT2D eigenvalue weighted by atomic mass is 10.1. The smallest absolute Gasteiger partial charge is 0.186 e. The first-order chi connectivity index (χ1) is 15.0. The van der Waals surface area contributed by atoms with E-state index in [1.165, 1.54) is 6.07 Å². The van der Waals surface area contributed by atoms with Crippen LogP contribution in [0.3, 0.4) is 0 Å². The fourth-order valence-electron chi connectivity index (χ4n) is 3.46. The van der Waals surface area contributed by atoms with Gasteiger partial charge in [-0.25, -0.2) is 17.6 Å². The third kappa shape index (κ3) is 3.13. The van der Waals surface area contributed by atoms with Gasteiger partial charge in [0.1, 0.15) is 17.1 Å². The minimum absolute atomic E-state index is 0.0178. The van der Waals surface area contributed by atoms with Gasteiger partial charge in [0, 0.05) is 11.1 Å². The fraction of sp³-hybridized carbons (Fsp3) is 0. The molecular weight excluding hydrogens is 408 g/mol. The Hall–Kier alpha value is -4.07. The van der Waals surface area contributed by atoms with E-state index in [9.17, 15) is 17.6 Å². The van der Waals surface area contributed by atoms with Crippen molar-refractivity contribution in [3.63, 3.8) is 0 Å². The predicted octanol–water partition coefficient (Wildman–Crippen LogP) is 6.29. The molecule has 0 saturated heterocycles. The van der Waals surface area contributed by atoms with E-state index in [2.05, 4.69) is 20.2 Å². The van der Waals surface area contributed by atoms with E-state index < -0.39 is 23.3 Å². The summed E-state index contributed by atoms with van der Waals surface area (Å²) < 4.78 is 58.1. The molecule has 154 valence electrons. The second-order valence-corrected chi connectivity index (χ2v) is 6.90. The molecule has 3 heterocycles. The minimum atomic E-state index is -1.11. The summed E-state index contributed by atoms with van der Waals surface area (Å²) in [7, 11) is 0. The van der Waals surface area contributed by atoms with E-state index >= 15 is 0 Å². The highest BCUT2D eigenvalue weighted by atomic mass is 19.2. The van der Waals surface area contributed by atoms with Crippen molar-refractivity contribution >= 4 is 0 Å². The number of halogens is 4. The van der Waals surface area contributed by atoms with Gasteiger partial charge in [0.25, 0.3) is 0 Å². The first kappa shape index (κ1) is 18.9. The molecule has 0 spiro atoms. The molecule has 0 saturated carbocycles. The average molecular weight is 422 g/mol. The van der Waals surface area contributed by atoms with Crippen LogP contribution in [0.2, 0.25) is 0 Å². The van der Waals surface area contributed by atoms with E-state index in [1.54, 1.807) is 60.7 Å². The van der Waals surface area contributed by atoms with E-state index in [0.717, 1.165) is 0 Å². The molecule has 5 rings (SSSR count). The fourth-order valence-corrected chi connectivity index (χ4v) is 3.46. The lowest BCUT2D eigenvalue weighted by Crippen LogP contribution is -1.82. The molecule has 0 fully saturated rings. The molecule has 0 amide bonds. The third-order valence-corrected chi connectivity index (χ3v) is 4.99. The summed E-state index contributed by atoms with van der Waals surface area (Å²) in [6, 6.07) is 18.2. The van der Waals surface area contributed by atoms with Crippen LogP contribution in [0, 0.1) is 23.3 Å². The highest BCUT2D eigenvalue weighted by Gasteiger charge is 2.24. The Morgan fingerprint density at radius 3 is 1.55 bits per heavy atom. The first-order valence-corrected chi connectivity index (χ1v) is 9.35. The number of aromatic nitrogens is 4. The molecule has 0 aliphatic rings. The Kier molecular flexibility index (Phi) is 4.47. The number of nitrogens with one attached hydrogen (secondary N) is 3. The van der Waals surface area contributed by atoms with Gasteiger partial charge in [-0.2, -0.15) is 5.10 Å². The molecular formula is C23H14F4N4. The van der Waals surface area contributed by atoms with Gasteiger partial charge in [-0.05, 0) is 6.07 Å². The summed E-state index contributed by atoms with van der Waals surface area (Å²) in [5.41, 5.74) is 0.614. The van der Waals surface area contributed by atoms with E-state index in [-0.39, 0.29) is 34.2 Å². The summed E-state index contributed by atoms with van der Waals surface area (Å²) in [6.45, 7) is 0. The van der Waals surface area contributed by atoms with Crippen LogP contribution in [-0.4, -0.2) is 20.2 Å². The Morgan fingerprint density at radius 1 is 0.548 bits per heavy atom. The van der Waals surface area contributed by atoms with Gasteiger partial charge < -0.3 is 9.97 Å². The molecule has 3 N–H and O–H groups in total. The Balaban J connectivity index is 1.55. The van der Waals surface area contributed by atoms with Gasteiger partial charge in [0.15, 0.2) is 23.3 Å². The van der Waals surface area contributed by atoms with Crippen molar-refractivity contribution in [1.82, 2.24) is 20.2 Å². The van der Waals surface area contributed by atoms with Crippen molar-refractivity contribution in [2.45, 2.75) is 0 Å². The zero-order chi connectivity index (χ0) is 21.5. The molecule has 0 bridgehead atoms. The van der Waals surface area contributed by atoms with Crippen molar-refractivity contribution in [2.75, 3.05) is 0 Å². The second kappa shape index (κ2) is 7.32. The summed E-state index contributed by atoms with van der Waals surface area (Å²) in [5.74, 6) is -4.30. The average Bonchev–Trinajstić information content (AvgIpc) is 3.48. The quantitative estimate of drug-likeness (QED) is 0.293. The lowest BCUT2D eigenvalue weighted by Gasteiger charge is -1.97. The van der Waals surface area contributed by atoms with Gasteiger partial charge in [0.05, 0.1) is 17.1 Å². The number of rotatable bonds is 4. The lowest BCUT2D eigenvalue weighted by molar-refractivity contribution is 0.520. The van der Waals surface area contributed by atoms with E-state index in [1.807, 2.05) is 0 Å². The molecule has 31 heavy (non-hydrogen) atoms. The van der Waals surface area contributed by atoms with Gasteiger partial charge in [-0.1, -0.05) is 60.7 Å². The second-order valence-electron chi connectivity index (χ2n) is 6.90.